The smallest absolute Gasteiger partial charge is 0.295 e. The standard InChI is InChI=1S/C24H29N3O4/c1-16(2)31-19-8-6-18(7-9-19)22(28)20-21(17-10-12-25-13-11-17)27(24(30)23(20)29)15-5-14-26(3)4/h6-13,16,21,28H,5,14-15H2,1-4H3/b22-20+/t21-/m1/s1. The van der Waals surface area contributed by atoms with Gasteiger partial charge in [-0.1, -0.05) is 0 Å². The topological polar surface area (TPSA) is 83.0 Å². The first-order valence-electron chi connectivity index (χ1n) is 10.4. The van der Waals surface area contributed by atoms with Crippen LogP contribution < -0.4 is 4.74 Å². The SMILES string of the molecule is CC(C)Oc1ccc(/C(O)=C2\C(=O)C(=O)N(CCCN(C)C)[C@@H]2c2ccncc2)cc1. The van der Waals surface area contributed by atoms with Crippen molar-refractivity contribution in [3.63, 3.8) is 0 Å². The molecule has 164 valence electrons. The molecule has 0 spiro atoms. The number of pyridine rings is 1. The van der Waals surface area contributed by atoms with Crippen LogP contribution in [0.4, 0.5) is 0 Å². The Labute approximate surface area is 183 Å². The fourth-order valence-corrected chi connectivity index (χ4v) is 3.68. The van der Waals surface area contributed by atoms with Gasteiger partial charge >= 0.3 is 0 Å². The molecule has 0 unspecified atom stereocenters. The molecule has 1 aliphatic heterocycles. The lowest BCUT2D eigenvalue weighted by atomic mass is 9.96. The number of Topliss-reactive ketones (excluding diaryl/α,β-unsaturated/α-hetero) is 1. The number of hydrogen-bond donors (Lipinski definition) is 1. The predicted octanol–water partition coefficient (Wildman–Crippen LogP) is 3.24. The highest BCUT2D eigenvalue weighted by molar-refractivity contribution is 6.46. The normalized spacial score (nSPS) is 18.3. The van der Waals surface area contributed by atoms with Crippen LogP contribution in [-0.4, -0.2) is 64.9 Å². The minimum atomic E-state index is -0.674. The van der Waals surface area contributed by atoms with Crippen LogP contribution in [0.15, 0.2) is 54.4 Å². The van der Waals surface area contributed by atoms with Gasteiger partial charge in [-0.2, -0.15) is 0 Å². The fourth-order valence-electron chi connectivity index (χ4n) is 3.68. The van der Waals surface area contributed by atoms with Gasteiger partial charge < -0.3 is 19.6 Å². The quantitative estimate of drug-likeness (QED) is 0.399. The van der Waals surface area contributed by atoms with Crippen molar-refractivity contribution in [2.45, 2.75) is 32.4 Å². The van der Waals surface area contributed by atoms with Crippen molar-refractivity contribution in [2.24, 2.45) is 0 Å². The number of nitrogens with zero attached hydrogens (tertiary/aromatic N) is 3. The number of ether oxygens (including phenoxy) is 1. The van der Waals surface area contributed by atoms with Crippen molar-refractivity contribution in [2.75, 3.05) is 27.2 Å². The molecule has 1 aliphatic rings. The van der Waals surface area contributed by atoms with E-state index >= 15 is 0 Å². The van der Waals surface area contributed by atoms with Crippen molar-refractivity contribution in [3.05, 3.63) is 65.5 Å². The second-order valence-electron chi connectivity index (χ2n) is 8.12. The van der Waals surface area contributed by atoms with Crippen molar-refractivity contribution in [1.82, 2.24) is 14.8 Å². The molecular weight excluding hydrogens is 394 g/mol. The van der Waals surface area contributed by atoms with E-state index in [1.807, 2.05) is 32.8 Å². The Morgan fingerprint density at radius 2 is 1.77 bits per heavy atom. The number of carbonyl (C=O) groups excluding carboxylic acids is 2. The maximum absolute atomic E-state index is 13.0. The van der Waals surface area contributed by atoms with Crippen LogP contribution in [0.2, 0.25) is 0 Å². The van der Waals surface area contributed by atoms with E-state index in [0.29, 0.717) is 24.3 Å². The third-order valence-corrected chi connectivity index (χ3v) is 5.07. The lowest BCUT2D eigenvalue weighted by Gasteiger charge is -2.25. The van der Waals surface area contributed by atoms with Crippen molar-refractivity contribution in [1.29, 1.82) is 0 Å². The van der Waals surface area contributed by atoms with Crippen LogP contribution in [0.3, 0.4) is 0 Å². The second kappa shape index (κ2) is 9.75. The molecule has 1 aromatic heterocycles. The average Bonchev–Trinajstić information content (AvgIpc) is 2.99. The number of rotatable bonds is 8. The highest BCUT2D eigenvalue weighted by Gasteiger charge is 2.45. The number of carbonyl (C=O) groups is 2. The Bertz CT molecular complexity index is 953. The number of hydrogen-bond acceptors (Lipinski definition) is 6. The number of amides is 1. The summed E-state index contributed by atoms with van der Waals surface area (Å²) in [4.78, 5) is 33.4. The molecule has 7 heteroatoms. The summed E-state index contributed by atoms with van der Waals surface area (Å²) < 4.78 is 5.65. The van der Waals surface area contributed by atoms with Crippen LogP contribution in [0, 0.1) is 0 Å². The van der Waals surface area contributed by atoms with Gasteiger partial charge in [0, 0.05) is 24.5 Å². The fraction of sp³-hybridized carbons (Fsp3) is 0.375. The van der Waals surface area contributed by atoms with Gasteiger partial charge in [-0.3, -0.25) is 14.6 Å². The van der Waals surface area contributed by atoms with E-state index in [4.69, 9.17) is 4.74 Å². The molecule has 1 saturated heterocycles. The predicted molar refractivity (Wildman–Crippen MR) is 119 cm³/mol. The van der Waals surface area contributed by atoms with Gasteiger partial charge in [0.15, 0.2) is 0 Å². The summed E-state index contributed by atoms with van der Waals surface area (Å²) in [6.45, 7) is 5.05. The molecule has 1 atom stereocenters. The summed E-state index contributed by atoms with van der Waals surface area (Å²) >= 11 is 0. The Hall–Kier alpha value is -3.19. The van der Waals surface area contributed by atoms with Gasteiger partial charge in [0.1, 0.15) is 11.5 Å². The molecule has 3 rings (SSSR count). The summed E-state index contributed by atoms with van der Waals surface area (Å²) in [5.74, 6) is -0.790. The zero-order chi connectivity index (χ0) is 22.5. The summed E-state index contributed by atoms with van der Waals surface area (Å²) in [6.07, 6.45) is 3.97. The van der Waals surface area contributed by atoms with Gasteiger partial charge in [0.05, 0.1) is 17.7 Å². The Balaban J connectivity index is 2.01. The van der Waals surface area contributed by atoms with Crippen molar-refractivity contribution in [3.8, 4) is 5.75 Å². The molecule has 1 fully saturated rings. The third kappa shape index (κ3) is 5.11. The van der Waals surface area contributed by atoms with Crippen molar-refractivity contribution < 1.29 is 19.4 Å². The summed E-state index contributed by atoms with van der Waals surface area (Å²) in [7, 11) is 3.92. The van der Waals surface area contributed by atoms with E-state index < -0.39 is 17.7 Å². The first-order chi connectivity index (χ1) is 14.8. The average molecular weight is 424 g/mol. The van der Waals surface area contributed by atoms with Crippen molar-refractivity contribution >= 4 is 17.4 Å². The van der Waals surface area contributed by atoms with Gasteiger partial charge in [-0.15, -0.1) is 0 Å². The van der Waals surface area contributed by atoms with E-state index in [9.17, 15) is 14.7 Å². The van der Waals surface area contributed by atoms with Gasteiger partial charge in [-0.05, 0) is 82.9 Å². The number of likely N-dealkylation sites (tertiary alicyclic amines) is 1. The number of aromatic nitrogens is 1. The first kappa shape index (κ1) is 22.5. The Kier molecular flexibility index (Phi) is 7.07. The Morgan fingerprint density at radius 1 is 1.13 bits per heavy atom. The monoisotopic (exact) mass is 423 g/mol. The largest absolute Gasteiger partial charge is 0.507 e. The van der Waals surface area contributed by atoms with Crippen LogP contribution in [0.5, 0.6) is 5.75 Å². The molecule has 1 N–H and O–H groups in total. The maximum Gasteiger partial charge on any atom is 0.295 e. The molecule has 0 radical (unpaired) electrons. The van der Waals surface area contributed by atoms with Crippen LogP contribution in [-0.2, 0) is 9.59 Å². The zero-order valence-corrected chi connectivity index (χ0v) is 18.4. The Morgan fingerprint density at radius 3 is 2.35 bits per heavy atom. The molecule has 7 nitrogen and oxygen atoms in total. The van der Waals surface area contributed by atoms with Gasteiger partial charge in [0.25, 0.3) is 11.7 Å². The number of aliphatic hydroxyl groups is 1. The second-order valence-corrected chi connectivity index (χ2v) is 8.12. The molecule has 0 aliphatic carbocycles. The number of benzene rings is 1. The molecule has 31 heavy (non-hydrogen) atoms. The van der Waals surface area contributed by atoms with E-state index in [1.165, 1.54) is 0 Å². The van der Waals surface area contributed by atoms with Gasteiger partial charge in [-0.25, -0.2) is 0 Å². The lowest BCUT2D eigenvalue weighted by molar-refractivity contribution is -0.139. The van der Waals surface area contributed by atoms with Gasteiger partial charge in [0.2, 0.25) is 0 Å². The molecule has 2 aromatic rings. The summed E-state index contributed by atoms with van der Waals surface area (Å²) in [5, 5.41) is 11.1. The van der Waals surface area contributed by atoms with Crippen LogP contribution in [0.1, 0.15) is 37.4 Å². The van der Waals surface area contributed by atoms with Crippen LogP contribution in [0.25, 0.3) is 5.76 Å². The van der Waals surface area contributed by atoms with E-state index in [0.717, 1.165) is 12.1 Å². The minimum absolute atomic E-state index is 0.0265. The van der Waals surface area contributed by atoms with E-state index in [-0.39, 0.29) is 17.4 Å². The molecule has 0 bridgehead atoms. The van der Waals surface area contributed by atoms with E-state index in [2.05, 4.69) is 4.98 Å². The number of ketones is 1. The van der Waals surface area contributed by atoms with E-state index in [1.54, 1.807) is 53.7 Å². The molecule has 1 aromatic carbocycles. The summed E-state index contributed by atoms with van der Waals surface area (Å²) in [6, 6.07) is 9.74. The first-order valence-corrected chi connectivity index (χ1v) is 10.4. The molecule has 0 saturated carbocycles. The third-order valence-electron chi connectivity index (χ3n) is 5.07. The highest BCUT2D eigenvalue weighted by atomic mass is 16.5. The van der Waals surface area contributed by atoms with Crippen LogP contribution >= 0.6 is 0 Å². The summed E-state index contributed by atoms with van der Waals surface area (Å²) in [5.41, 5.74) is 1.29. The highest BCUT2D eigenvalue weighted by Crippen LogP contribution is 2.39. The molecular formula is C24H29N3O4. The zero-order valence-electron chi connectivity index (χ0n) is 18.4. The minimum Gasteiger partial charge on any atom is -0.507 e. The number of aliphatic hydroxyl groups excluding tert-OH is 1. The maximum atomic E-state index is 13.0. The molecule has 2 heterocycles. The lowest BCUT2D eigenvalue weighted by Crippen LogP contribution is -2.32. The molecule has 1 amide bonds.